The first kappa shape index (κ1) is 16.3. The van der Waals surface area contributed by atoms with E-state index in [1.165, 1.54) is 0 Å². The molecule has 2 aromatic heterocycles. The summed E-state index contributed by atoms with van der Waals surface area (Å²) >= 11 is 1.57. The minimum atomic E-state index is 0.633. The van der Waals surface area contributed by atoms with Crippen LogP contribution >= 0.6 is 11.8 Å². The molecule has 0 bridgehead atoms. The van der Waals surface area contributed by atoms with Crippen LogP contribution < -0.4 is 4.74 Å². The monoisotopic (exact) mass is 342 g/mol. The van der Waals surface area contributed by atoms with Crippen LogP contribution in [0.5, 0.6) is 5.75 Å². The third-order valence-corrected chi connectivity index (χ3v) is 4.40. The maximum Gasteiger partial charge on any atom is 0.192 e. The Balaban J connectivity index is 1.84. The van der Waals surface area contributed by atoms with Gasteiger partial charge in [0.05, 0.1) is 12.8 Å². The first-order chi connectivity index (χ1) is 11.7. The molecule has 0 spiro atoms. The van der Waals surface area contributed by atoms with E-state index >= 15 is 0 Å². The summed E-state index contributed by atoms with van der Waals surface area (Å²) in [6, 6.07) is 9.68. The number of ether oxygens (including phenoxy) is 1. The Morgan fingerprint density at radius 1 is 1.29 bits per heavy atom. The summed E-state index contributed by atoms with van der Waals surface area (Å²) in [4.78, 5) is 0. The second kappa shape index (κ2) is 7.35. The van der Waals surface area contributed by atoms with Crippen molar-refractivity contribution in [2.24, 2.45) is 0 Å². The van der Waals surface area contributed by atoms with Crippen LogP contribution in [0.25, 0.3) is 11.4 Å². The highest BCUT2D eigenvalue weighted by molar-refractivity contribution is 7.98. The van der Waals surface area contributed by atoms with Crippen LogP contribution in [0.15, 0.2) is 52.7 Å². The molecule has 0 amide bonds. The molecule has 0 atom stereocenters. The average molecular weight is 342 g/mol. The molecule has 0 fully saturated rings. The lowest BCUT2D eigenvalue weighted by Crippen LogP contribution is -2.00. The Morgan fingerprint density at radius 3 is 2.71 bits per heavy atom. The molecule has 124 valence electrons. The van der Waals surface area contributed by atoms with Gasteiger partial charge in [0.1, 0.15) is 11.5 Å². The lowest BCUT2D eigenvalue weighted by Gasteiger charge is -2.07. The van der Waals surface area contributed by atoms with Crippen molar-refractivity contribution >= 4 is 11.8 Å². The van der Waals surface area contributed by atoms with E-state index < -0.39 is 0 Å². The summed E-state index contributed by atoms with van der Waals surface area (Å²) in [6.07, 6.45) is 1.83. The van der Waals surface area contributed by atoms with Crippen LogP contribution in [0, 0.1) is 6.92 Å². The van der Waals surface area contributed by atoms with Crippen LogP contribution in [0.2, 0.25) is 0 Å². The molecule has 6 nitrogen and oxygen atoms in total. The topological polar surface area (TPSA) is 66.0 Å². The van der Waals surface area contributed by atoms with E-state index in [0.29, 0.717) is 12.3 Å². The Labute approximate surface area is 144 Å². The van der Waals surface area contributed by atoms with Crippen molar-refractivity contribution in [2.75, 3.05) is 7.11 Å². The third kappa shape index (κ3) is 3.51. The van der Waals surface area contributed by atoms with Crippen molar-refractivity contribution in [1.82, 2.24) is 19.9 Å². The lowest BCUT2D eigenvalue weighted by atomic mass is 10.2. The van der Waals surface area contributed by atoms with Gasteiger partial charge >= 0.3 is 0 Å². The lowest BCUT2D eigenvalue weighted by molar-refractivity contribution is 0.393. The van der Waals surface area contributed by atoms with Gasteiger partial charge in [0, 0.05) is 23.9 Å². The van der Waals surface area contributed by atoms with E-state index in [2.05, 4.69) is 21.9 Å². The first-order valence-corrected chi connectivity index (χ1v) is 8.43. The summed E-state index contributed by atoms with van der Waals surface area (Å²) in [5.41, 5.74) is 1.87. The number of benzene rings is 1. The molecule has 0 aliphatic carbocycles. The summed E-state index contributed by atoms with van der Waals surface area (Å²) < 4.78 is 12.3. The molecular weight excluding hydrogens is 324 g/mol. The molecule has 3 aromatic rings. The molecule has 0 aliphatic rings. The predicted octanol–water partition coefficient (Wildman–Crippen LogP) is 3.73. The zero-order chi connectivity index (χ0) is 16.9. The van der Waals surface area contributed by atoms with Gasteiger partial charge in [0.25, 0.3) is 0 Å². The predicted molar refractivity (Wildman–Crippen MR) is 93.0 cm³/mol. The fourth-order valence-corrected chi connectivity index (χ4v) is 3.10. The number of thioether (sulfide) groups is 1. The van der Waals surface area contributed by atoms with Crippen molar-refractivity contribution in [1.29, 1.82) is 0 Å². The molecule has 2 heterocycles. The Morgan fingerprint density at radius 2 is 2.08 bits per heavy atom. The molecule has 7 heteroatoms. The van der Waals surface area contributed by atoms with Gasteiger partial charge in [-0.25, -0.2) is 0 Å². The van der Waals surface area contributed by atoms with Crippen LogP contribution in [0.4, 0.5) is 0 Å². The Hall–Kier alpha value is -2.54. The largest absolute Gasteiger partial charge is 0.497 e. The summed E-state index contributed by atoms with van der Waals surface area (Å²) in [7, 11) is 1.65. The van der Waals surface area contributed by atoms with Crippen LogP contribution in [0.3, 0.4) is 0 Å². The van der Waals surface area contributed by atoms with Crippen molar-refractivity contribution in [3.8, 4) is 17.1 Å². The van der Waals surface area contributed by atoms with E-state index in [1.54, 1.807) is 18.9 Å². The van der Waals surface area contributed by atoms with Gasteiger partial charge in [-0.1, -0.05) is 23.0 Å². The second-order valence-electron chi connectivity index (χ2n) is 5.15. The smallest absolute Gasteiger partial charge is 0.192 e. The van der Waals surface area contributed by atoms with Crippen molar-refractivity contribution < 1.29 is 9.26 Å². The fraction of sp³-hybridized carbons (Fsp3) is 0.235. The number of hydrogen-bond acceptors (Lipinski definition) is 6. The maximum atomic E-state index is 5.20. The highest BCUT2D eigenvalue weighted by Crippen LogP contribution is 2.27. The molecule has 0 saturated carbocycles. The number of nitrogens with zero attached hydrogens (tertiary/aromatic N) is 4. The molecule has 0 radical (unpaired) electrons. The van der Waals surface area contributed by atoms with Gasteiger partial charge in [-0.3, -0.25) is 4.57 Å². The minimum absolute atomic E-state index is 0.633. The SMILES string of the molecule is C=CCn1c(SCc2cc(C)on2)nnc1-c1ccc(OC)cc1. The highest BCUT2D eigenvalue weighted by Gasteiger charge is 2.14. The second-order valence-corrected chi connectivity index (χ2v) is 6.09. The molecular formula is C17H18N4O2S. The molecule has 24 heavy (non-hydrogen) atoms. The first-order valence-electron chi connectivity index (χ1n) is 7.44. The van der Waals surface area contributed by atoms with Gasteiger partial charge in [-0.05, 0) is 31.2 Å². The van der Waals surface area contributed by atoms with E-state index in [1.807, 2.05) is 47.9 Å². The molecule has 3 rings (SSSR count). The van der Waals surface area contributed by atoms with Gasteiger partial charge in [-0.2, -0.15) is 0 Å². The number of aromatic nitrogens is 4. The van der Waals surface area contributed by atoms with Crippen molar-refractivity contribution in [2.45, 2.75) is 24.4 Å². The van der Waals surface area contributed by atoms with Gasteiger partial charge in [0.2, 0.25) is 0 Å². The molecule has 1 aromatic carbocycles. The molecule has 0 N–H and O–H groups in total. The van der Waals surface area contributed by atoms with Crippen LogP contribution in [0.1, 0.15) is 11.5 Å². The van der Waals surface area contributed by atoms with Crippen LogP contribution in [-0.4, -0.2) is 27.0 Å². The van der Waals surface area contributed by atoms with Crippen LogP contribution in [-0.2, 0) is 12.3 Å². The normalized spacial score (nSPS) is 10.8. The minimum Gasteiger partial charge on any atom is -0.497 e. The zero-order valence-electron chi connectivity index (χ0n) is 13.6. The number of rotatable bonds is 7. The fourth-order valence-electron chi connectivity index (χ4n) is 2.27. The van der Waals surface area contributed by atoms with Crippen molar-refractivity contribution in [3.05, 3.63) is 54.4 Å². The van der Waals surface area contributed by atoms with Gasteiger partial charge < -0.3 is 9.26 Å². The standard InChI is InChI=1S/C17H18N4O2S/c1-4-9-21-16(13-5-7-15(22-3)8-6-13)18-19-17(21)24-11-14-10-12(2)23-20-14/h4-8,10H,1,9,11H2,2-3H3. The van der Waals surface area contributed by atoms with Crippen molar-refractivity contribution in [3.63, 3.8) is 0 Å². The number of allylic oxidation sites excluding steroid dienone is 1. The number of aryl methyl sites for hydroxylation is 1. The zero-order valence-corrected chi connectivity index (χ0v) is 14.4. The summed E-state index contributed by atoms with van der Waals surface area (Å²) in [6.45, 7) is 6.34. The van der Waals surface area contributed by atoms with Gasteiger partial charge in [-0.15, -0.1) is 16.8 Å². The summed E-state index contributed by atoms with van der Waals surface area (Å²) in [5.74, 6) is 3.09. The van der Waals surface area contributed by atoms with E-state index in [4.69, 9.17) is 9.26 Å². The molecule has 0 saturated heterocycles. The number of methoxy groups -OCH3 is 1. The average Bonchev–Trinajstić information content (AvgIpc) is 3.20. The molecule has 0 unspecified atom stereocenters. The maximum absolute atomic E-state index is 5.20. The van der Waals surface area contributed by atoms with Gasteiger partial charge in [0.15, 0.2) is 11.0 Å². The summed E-state index contributed by atoms with van der Waals surface area (Å²) in [5, 5.41) is 13.5. The quantitative estimate of drug-likeness (QED) is 0.481. The third-order valence-electron chi connectivity index (χ3n) is 3.40. The van der Waals surface area contributed by atoms with E-state index in [0.717, 1.165) is 33.7 Å². The number of hydrogen-bond donors (Lipinski definition) is 0. The molecule has 0 aliphatic heterocycles. The van der Waals surface area contributed by atoms with E-state index in [-0.39, 0.29) is 0 Å². The van der Waals surface area contributed by atoms with E-state index in [9.17, 15) is 0 Å². The highest BCUT2D eigenvalue weighted by atomic mass is 32.2. The Bertz CT molecular complexity index is 823. The Kier molecular flexibility index (Phi) is 5.00.